The quantitative estimate of drug-likeness (QED) is 0.0161. The van der Waals surface area contributed by atoms with Gasteiger partial charge >= 0.3 is 53.7 Å². The highest BCUT2D eigenvalue weighted by atomic mass is 16.7. The molecule has 0 radical (unpaired) electrons. The molecule has 0 aromatic carbocycles. The number of unbranched alkanes of at least 4 members (excludes halogenated alkanes) is 2. The molecule has 8 N–H and O–H groups in total. The van der Waals surface area contributed by atoms with Gasteiger partial charge in [-0.05, 0) is 38.5 Å². The van der Waals surface area contributed by atoms with E-state index in [0.717, 1.165) is 62.3 Å². The summed E-state index contributed by atoms with van der Waals surface area (Å²) in [5.41, 5.74) is 0. The van der Waals surface area contributed by atoms with Gasteiger partial charge in [-0.3, -0.25) is 81.5 Å². The van der Waals surface area contributed by atoms with E-state index in [9.17, 15) is 81.5 Å². The van der Waals surface area contributed by atoms with Crippen molar-refractivity contribution in [2.75, 3.05) is 179 Å². The lowest BCUT2D eigenvalue weighted by molar-refractivity contribution is -0.279. The van der Waals surface area contributed by atoms with E-state index in [1.165, 1.54) is 27.8 Å². The average Bonchev–Trinajstić information content (AvgIpc) is 0.796. The molecule has 3 aliphatic rings. The van der Waals surface area contributed by atoms with E-state index in [0.29, 0.717) is 19.3 Å². The molecule has 1 unspecified atom stereocenters. The lowest BCUT2D eigenvalue weighted by atomic mass is 9.96. The molecule has 0 saturated carbocycles. The van der Waals surface area contributed by atoms with Crippen LogP contribution in [-0.2, 0) is 195 Å². The zero-order valence-corrected chi connectivity index (χ0v) is 74.7. The highest BCUT2D eigenvalue weighted by molar-refractivity contribution is 5.92. The summed E-state index contributed by atoms with van der Waals surface area (Å²) in [4.78, 5) is 210. The van der Waals surface area contributed by atoms with Gasteiger partial charge in [0.25, 0.3) is 0 Å². The zero-order valence-electron chi connectivity index (χ0n) is 74.7. The maximum Gasteiger partial charge on any atom is 0.303 e. The van der Waals surface area contributed by atoms with Crippen molar-refractivity contribution in [3.63, 3.8) is 0 Å². The second-order valence-corrected chi connectivity index (χ2v) is 28.6. The minimum absolute atomic E-state index is 0.00202. The smallest absolute Gasteiger partial charge is 0.303 e. The maximum absolute atomic E-state index is 14.0. The molecule has 3 rings (SSSR count). The molecule has 128 heavy (non-hydrogen) atoms. The number of carbonyl (C=O) groups is 17. The van der Waals surface area contributed by atoms with Crippen LogP contribution in [0.5, 0.6) is 0 Å². The maximum atomic E-state index is 14.0. The Morgan fingerprint density at radius 3 is 0.789 bits per heavy atom. The van der Waals surface area contributed by atoms with Gasteiger partial charge in [-0.15, -0.1) is 0 Å². The van der Waals surface area contributed by atoms with Crippen molar-refractivity contribution in [2.45, 2.75) is 226 Å². The SMILES string of the molecule is CNC(=O)[C@H](CCCCNC(=O)COCCOCCOCCOC1O[C@H](COC(C)=O)[C@H](OC(C)=O)[C@H](OC(C)=O)[C@H]1NC(C)=O)NC(=O)[C@H](CCCCNC(=O)COCCOCCOCCO[C@@H]1O[C@H](COC(C)=O)[C@H](OC(C)=O)[C@H](OC(C)=O)[C@H]1NC(C)=O)NC(=O)COCCOCCOCCO[C@@H]1O[C@H](COC(C)=O)[C@H](OC(C)=O)[C@H](OC(C)=O)[C@H]1NC(C)=O. The van der Waals surface area contributed by atoms with Crippen LogP contribution in [0.4, 0.5) is 0 Å². The Morgan fingerprint density at radius 1 is 0.281 bits per heavy atom. The average molecular weight is 1850 g/mol. The number of hydrogen-bond acceptors (Lipinski definition) is 41. The Labute approximate surface area is 740 Å². The van der Waals surface area contributed by atoms with Crippen molar-refractivity contribution < 1.29 is 195 Å². The topological polar surface area (TPSA) is 608 Å². The van der Waals surface area contributed by atoms with Gasteiger partial charge in [0.15, 0.2) is 55.5 Å². The molecule has 0 aliphatic carbocycles. The van der Waals surface area contributed by atoms with Gasteiger partial charge in [-0.25, -0.2) is 0 Å². The molecule has 3 fully saturated rings. The van der Waals surface area contributed by atoms with Crippen LogP contribution in [-0.4, -0.2) is 384 Å². The largest absolute Gasteiger partial charge is 0.463 e. The monoisotopic (exact) mass is 1840 g/mol. The molecule has 0 aromatic heterocycles. The summed E-state index contributed by atoms with van der Waals surface area (Å²) in [7, 11) is 1.38. The lowest BCUT2D eigenvalue weighted by Gasteiger charge is -2.44. The van der Waals surface area contributed by atoms with Gasteiger partial charge in [0.1, 0.15) is 88.2 Å². The Kier molecular flexibility index (Phi) is 57.2. The molecule has 3 heterocycles. The fourth-order valence-corrected chi connectivity index (χ4v) is 12.5. The number of likely N-dealkylation sites (N-methyl/N-ethyl adjacent to an activating group) is 1. The summed E-state index contributed by atoms with van der Waals surface area (Å²) >= 11 is 0. The van der Waals surface area contributed by atoms with E-state index in [1.807, 2.05) is 0 Å². The molecule has 3 aliphatic heterocycles. The third-order valence-corrected chi connectivity index (χ3v) is 17.7. The van der Waals surface area contributed by atoms with Gasteiger partial charge in [0, 0.05) is 103 Å². The van der Waals surface area contributed by atoms with Crippen LogP contribution in [0.3, 0.4) is 0 Å². The summed E-state index contributed by atoms with van der Waals surface area (Å²) in [6.07, 6.45) is -13.6. The van der Waals surface area contributed by atoms with Crippen molar-refractivity contribution in [2.24, 2.45) is 0 Å². The van der Waals surface area contributed by atoms with E-state index in [2.05, 4.69) is 42.5 Å². The molecule has 0 spiro atoms. The molecular weight excluding hydrogens is 1720 g/mol. The molecule has 17 atom stereocenters. The molecule has 730 valence electrons. The van der Waals surface area contributed by atoms with Gasteiger partial charge in [0.2, 0.25) is 47.3 Å². The predicted octanol–water partition coefficient (Wildman–Crippen LogP) is -4.56. The van der Waals surface area contributed by atoms with E-state index in [1.54, 1.807) is 0 Å². The number of amides is 8. The van der Waals surface area contributed by atoms with Crippen molar-refractivity contribution in [1.82, 2.24) is 42.5 Å². The normalized spacial score (nSPS) is 22.2. The second kappa shape index (κ2) is 65.0. The molecule has 3 saturated heterocycles. The fraction of sp³-hybridized carbons (Fsp3) is 0.785. The number of carbonyl (C=O) groups excluding carboxylic acids is 17. The van der Waals surface area contributed by atoms with Crippen LogP contribution in [0.2, 0.25) is 0 Å². The number of ether oxygens (including phenoxy) is 24. The highest BCUT2D eigenvalue weighted by Crippen LogP contribution is 2.32. The first kappa shape index (κ1) is 113. The Bertz CT molecular complexity index is 3450. The molecule has 8 amide bonds. The lowest BCUT2D eigenvalue weighted by Crippen LogP contribution is -2.66. The van der Waals surface area contributed by atoms with Crippen LogP contribution in [0.1, 0.15) is 122 Å². The number of esters is 9. The Hall–Kier alpha value is -9.61. The van der Waals surface area contributed by atoms with E-state index in [-0.39, 0.29) is 164 Å². The minimum atomic E-state index is -1.32. The third kappa shape index (κ3) is 49.2. The van der Waals surface area contributed by atoms with Gasteiger partial charge < -0.3 is 156 Å². The standard InChI is InChI=1S/C79H128N8O41/c1-46(88)83-66-72(123-55(10)97)69(120-52(7)94)60(40-117-49(4)91)126-77(66)114-37-34-108-25-22-105-28-31-111-43-63(100)81-20-16-14-18-58(75(103)80-13)87-76(104)59(86-65(102)45-113-33-30-107-24-27-110-36-39-116-79-68(85-48(3)90)74(125-57(12)99)71(122-54(9)96)62(128-79)42-119-51(6)93)19-15-17-21-82-64(101)44-112-32-29-106-23-26-109-35-38-115-78-67(84-47(2)89)73(124-56(11)98)70(121-53(8)95)61(127-78)41-118-50(5)92/h58-62,66-74,77-79H,14-45H2,1-13H3,(H,80,103)(H,81,100)(H,82,101)(H,83,88)(H,84,89)(H,85,90)(H,86,102)(H,87,104)/t58-,59-,60+,61+,62+,66+,67+,68+,69-,70-,71-,72+,73+,74+,77?,78+,79+/m0/s1. The predicted molar refractivity (Wildman–Crippen MR) is 429 cm³/mol. The first-order chi connectivity index (χ1) is 61.0. The summed E-state index contributed by atoms with van der Waals surface area (Å²) in [6.45, 7) is 12.1. The van der Waals surface area contributed by atoms with E-state index >= 15 is 0 Å². The number of rotatable bonds is 65. The van der Waals surface area contributed by atoms with Crippen molar-refractivity contribution >= 4 is 101 Å². The van der Waals surface area contributed by atoms with E-state index in [4.69, 9.17) is 114 Å². The summed E-state index contributed by atoms with van der Waals surface area (Å²) in [5, 5.41) is 21.2. The van der Waals surface area contributed by atoms with Gasteiger partial charge in [0.05, 0.1) is 119 Å². The number of hydrogen-bond donors (Lipinski definition) is 8. The van der Waals surface area contributed by atoms with Crippen LogP contribution in [0.25, 0.3) is 0 Å². The van der Waals surface area contributed by atoms with Gasteiger partial charge in [-0.1, -0.05) is 0 Å². The molecular formula is C79H128N8O41. The second-order valence-electron chi connectivity index (χ2n) is 28.6. The number of nitrogens with one attached hydrogen (secondary N) is 8. The van der Waals surface area contributed by atoms with E-state index < -0.39 is 231 Å². The minimum Gasteiger partial charge on any atom is -0.463 e. The first-order valence-electron chi connectivity index (χ1n) is 41.6. The molecule has 49 heteroatoms. The van der Waals surface area contributed by atoms with Crippen molar-refractivity contribution in [3.05, 3.63) is 0 Å². The third-order valence-electron chi connectivity index (χ3n) is 17.7. The summed E-state index contributed by atoms with van der Waals surface area (Å²) in [5.74, 6) is -11.1. The van der Waals surface area contributed by atoms with Crippen LogP contribution in [0.15, 0.2) is 0 Å². The molecule has 0 aromatic rings. The summed E-state index contributed by atoms with van der Waals surface area (Å²) < 4.78 is 133. The zero-order chi connectivity index (χ0) is 94.9. The van der Waals surface area contributed by atoms with Crippen molar-refractivity contribution in [3.8, 4) is 0 Å². The van der Waals surface area contributed by atoms with Gasteiger partial charge in [-0.2, -0.15) is 0 Å². The van der Waals surface area contributed by atoms with Crippen LogP contribution in [0, 0.1) is 0 Å². The Balaban J connectivity index is 1.48. The molecule has 0 bridgehead atoms. The highest BCUT2D eigenvalue weighted by Gasteiger charge is 2.54. The summed E-state index contributed by atoms with van der Waals surface area (Å²) in [6, 6.07) is -5.77. The van der Waals surface area contributed by atoms with Crippen LogP contribution < -0.4 is 42.5 Å². The first-order valence-corrected chi connectivity index (χ1v) is 41.6. The Morgan fingerprint density at radius 2 is 0.531 bits per heavy atom. The van der Waals surface area contributed by atoms with Crippen molar-refractivity contribution in [1.29, 1.82) is 0 Å². The van der Waals surface area contributed by atoms with Crippen LogP contribution >= 0.6 is 0 Å². The molecule has 49 nitrogen and oxygen atoms in total. The fourth-order valence-electron chi connectivity index (χ4n) is 12.5.